The van der Waals surface area contributed by atoms with Gasteiger partial charge < -0.3 is 5.11 Å². The molecule has 4 aromatic rings. The summed E-state index contributed by atoms with van der Waals surface area (Å²) in [5.41, 5.74) is 2.96. The summed E-state index contributed by atoms with van der Waals surface area (Å²) < 4.78 is 26.9. The topological polar surface area (TPSA) is 57.6 Å². The number of nitrogens with zero attached hydrogens (tertiary/aromatic N) is 1. The Bertz CT molecular complexity index is 1440. The van der Waals surface area contributed by atoms with Crippen LogP contribution in [0.25, 0.3) is 21.9 Å². The van der Waals surface area contributed by atoms with Gasteiger partial charge in [-0.05, 0) is 81.4 Å². The number of sulfonamides is 1. The average molecular weight is 539 g/mol. The molecule has 4 nitrogen and oxygen atoms in total. The van der Waals surface area contributed by atoms with Crippen molar-refractivity contribution in [2.75, 3.05) is 10.6 Å². The molecule has 0 aromatic heterocycles. The summed E-state index contributed by atoms with van der Waals surface area (Å²) in [7, 11) is -3.59. The maximum absolute atomic E-state index is 12.4. The summed E-state index contributed by atoms with van der Waals surface area (Å²) in [4.78, 5) is 0. The van der Waals surface area contributed by atoms with Crippen LogP contribution in [0.4, 0.5) is 5.69 Å². The maximum atomic E-state index is 12.4. The second kappa shape index (κ2) is 8.61. The first-order valence-corrected chi connectivity index (χ1v) is 12.3. The number of phenolic OH excluding ortho intramolecular Hbond substituents is 1. The number of anilines is 1. The molecule has 1 N–H and O–H groups in total. The van der Waals surface area contributed by atoms with Crippen LogP contribution >= 0.6 is 22.6 Å². The molecule has 4 rings (SSSR count). The van der Waals surface area contributed by atoms with Gasteiger partial charge in [0.05, 0.1) is 11.9 Å². The second-order valence-electron chi connectivity index (χ2n) is 6.96. The van der Waals surface area contributed by atoms with E-state index in [1.54, 1.807) is 18.2 Å². The molecule has 0 bridgehead atoms. The minimum atomic E-state index is -3.59. The molecule has 0 aliphatic carbocycles. The monoisotopic (exact) mass is 539 g/mol. The molecule has 0 radical (unpaired) electrons. The SMILES string of the molecule is CS(=O)(=O)N(C#Cc1ccccc1-c1ccc(O)c2ccccc12)c1ccc(I)cc1. The quantitative estimate of drug-likeness (QED) is 0.210. The fourth-order valence-electron chi connectivity index (χ4n) is 3.37. The molecule has 4 aromatic carbocycles. The van der Waals surface area contributed by atoms with Crippen molar-refractivity contribution in [3.63, 3.8) is 0 Å². The molecule has 0 unspecified atom stereocenters. The Morgan fingerprint density at radius 2 is 1.45 bits per heavy atom. The van der Waals surface area contributed by atoms with Gasteiger partial charge in [-0.1, -0.05) is 48.5 Å². The summed E-state index contributed by atoms with van der Waals surface area (Å²) >= 11 is 2.17. The van der Waals surface area contributed by atoms with Gasteiger partial charge in [-0.2, -0.15) is 4.31 Å². The molecular formula is C25H18INO3S. The molecule has 0 aliphatic rings. The van der Waals surface area contributed by atoms with E-state index in [-0.39, 0.29) is 5.75 Å². The number of benzene rings is 4. The minimum Gasteiger partial charge on any atom is -0.507 e. The van der Waals surface area contributed by atoms with Crippen molar-refractivity contribution in [3.05, 3.63) is 94.1 Å². The van der Waals surface area contributed by atoms with Crippen molar-refractivity contribution in [3.8, 4) is 28.8 Å². The van der Waals surface area contributed by atoms with E-state index in [0.717, 1.165) is 36.0 Å². The third-order valence-corrected chi connectivity index (χ3v) is 6.49. The first-order valence-electron chi connectivity index (χ1n) is 9.42. The zero-order valence-corrected chi connectivity index (χ0v) is 19.6. The molecule has 6 heteroatoms. The van der Waals surface area contributed by atoms with Crippen molar-refractivity contribution < 1.29 is 13.5 Å². The molecule has 31 heavy (non-hydrogen) atoms. The van der Waals surface area contributed by atoms with Gasteiger partial charge in [0.1, 0.15) is 5.75 Å². The van der Waals surface area contributed by atoms with Gasteiger partial charge in [-0.25, -0.2) is 8.42 Å². The molecule has 154 valence electrons. The first-order chi connectivity index (χ1) is 14.8. The molecule has 0 atom stereocenters. The van der Waals surface area contributed by atoms with Crippen LogP contribution in [0.2, 0.25) is 0 Å². The van der Waals surface area contributed by atoms with Gasteiger partial charge in [0.15, 0.2) is 0 Å². The lowest BCUT2D eigenvalue weighted by molar-refractivity contribution is 0.481. The molecule has 0 spiro atoms. The molecule has 0 heterocycles. The maximum Gasteiger partial charge on any atom is 0.243 e. The van der Waals surface area contributed by atoms with E-state index in [9.17, 15) is 13.5 Å². The summed E-state index contributed by atoms with van der Waals surface area (Å²) in [6, 6.07) is 28.7. The van der Waals surface area contributed by atoms with Crippen molar-refractivity contribution in [2.24, 2.45) is 0 Å². The molecule has 0 amide bonds. The van der Waals surface area contributed by atoms with E-state index >= 15 is 0 Å². The Morgan fingerprint density at radius 3 is 2.16 bits per heavy atom. The lowest BCUT2D eigenvalue weighted by Gasteiger charge is -2.15. The van der Waals surface area contributed by atoms with E-state index in [2.05, 4.69) is 34.6 Å². The number of rotatable bonds is 3. The van der Waals surface area contributed by atoms with Crippen molar-refractivity contribution >= 4 is 49.1 Å². The molecule has 0 saturated heterocycles. The van der Waals surface area contributed by atoms with Crippen LogP contribution in [-0.4, -0.2) is 19.8 Å². The minimum absolute atomic E-state index is 0.213. The van der Waals surface area contributed by atoms with Crippen LogP contribution in [0.5, 0.6) is 5.75 Å². The van der Waals surface area contributed by atoms with E-state index in [1.807, 2.05) is 66.7 Å². The van der Waals surface area contributed by atoms with Gasteiger partial charge in [-0.15, -0.1) is 0 Å². The summed E-state index contributed by atoms with van der Waals surface area (Å²) in [5, 5.41) is 11.9. The van der Waals surface area contributed by atoms with E-state index in [1.165, 1.54) is 0 Å². The van der Waals surface area contributed by atoms with Crippen molar-refractivity contribution in [1.29, 1.82) is 0 Å². The highest BCUT2D eigenvalue weighted by Crippen LogP contribution is 2.35. The van der Waals surface area contributed by atoms with Crippen LogP contribution in [0.15, 0.2) is 84.9 Å². The van der Waals surface area contributed by atoms with Crippen molar-refractivity contribution in [2.45, 2.75) is 0 Å². The Morgan fingerprint density at radius 1 is 0.806 bits per heavy atom. The zero-order valence-electron chi connectivity index (χ0n) is 16.6. The summed E-state index contributed by atoms with van der Waals surface area (Å²) in [6.07, 6.45) is 1.14. The lowest BCUT2D eigenvalue weighted by Crippen LogP contribution is -2.24. The number of halogens is 1. The third-order valence-electron chi connectivity index (χ3n) is 4.80. The number of fused-ring (bicyclic) bond motifs is 1. The van der Waals surface area contributed by atoms with Gasteiger partial charge in [0.25, 0.3) is 0 Å². The van der Waals surface area contributed by atoms with Gasteiger partial charge in [0, 0.05) is 20.6 Å². The molecule has 0 fully saturated rings. The summed E-state index contributed by atoms with van der Waals surface area (Å²) in [6.45, 7) is 0. The number of hydrogen-bond acceptors (Lipinski definition) is 3. The smallest absolute Gasteiger partial charge is 0.243 e. The fraction of sp³-hybridized carbons (Fsp3) is 0.0400. The number of hydrogen-bond donors (Lipinski definition) is 1. The van der Waals surface area contributed by atoms with Gasteiger partial charge >= 0.3 is 0 Å². The second-order valence-corrected chi connectivity index (χ2v) is 10.0. The highest BCUT2D eigenvalue weighted by atomic mass is 127. The van der Waals surface area contributed by atoms with Gasteiger partial charge in [0.2, 0.25) is 10.0 Å². The van der Waals surface area contributed by atoms with E-state index in [0.29, 0.717) is 11.3 Å². The Kier molecular flexibility index (Phi) is 5.90. The van der Waals surface area contributed by atoms with Crippen LogP contribution in [0, 0.1) is 15.5 Å². The zero-order chi connectivity index (χ0) is 22.0. The van der Waals surface area contributed by atoms with Gasteiger partial charge in [-0.3, -0.25) is 0 Å². The average Bonchev–Trinajstić information content (AvgIpc) is 2.75. The Balaban J connectivity index is 1.85. The van der Waals surface area contributed by atoms with Crippen LogP contribution in [0.3, 0.4) is 0 Å². The van der Waals surface area contributed by atoms with Crippen LogP contribution in [0.1, 0.15) is 5.56 Å². The third kappa shape index (κ3) is 4.53. The standard InChI is InChI=1S/C25H18INO3S/c1-31(29,30)27(20-12-10-19(26)11-13-20)17-16-18-6-2-3-7-21(18)23-14-15-25(28)24-9-5-4-8-22(23)24/h2-15,28H,1H3. The summed E-state index contributed by atoms with van der Waals surface area (Å²) in [5.74, 6) is 3.26. The number of phenols is 1. The Hall–Kier alpha value is -3.02. The predicted molar refractivity (Wildman–Crippen MR) is 134 cm³/mol. The predicted octanol–water partition coefficient (Wildman–Crippen LogP) is 5.59. The van der Waals surface area contributed by atoms with Crippen molar-refractivity contribution in [1.82, 2.24) is 0 Å². The van der Waals surface area contributed by atoms with Crippen LogP contribution < -0.4 is 4.31 Å². The molecule has 0 aliphatic heterocycles. The highest BCUT2D eigenvalue weighted by molar-refractivity contribution is 14.1. The van der Waals surface area contributed by atoms with Crippen LogP contribution in [-0.2, 0) is 10.0 Å². The normalized spacial score (nSPS) is 11.0. The van der Waals surface area contributed by atoms with E-state index in [4.69, 9.17) is 0 Å². The van der Waals surface area contributed by atoms with E-state index < -0.39 is 10.0 Å². The molecular weight excluding hydrogens is 521 g/mol. The largest absolute Gasteiger partial charge is 0.507 e. The fourth-order valence-corrected chi connectivity index (χ4v) is 4.45. The first kappa shape index (κ1) is 21.2. The molecule has 0 saturated carbocycles. The lowest BCUT2D eigenvalue weighted by atomic mass is 9.94. The Labute approximate surface area is 195 Å². The highest BCUT2D eigenvalue weighted by Gasteiger charge is 2.16. The number of aromatic hydroxyl groups is 1.